The SMILES string of the molecule is Cn1cc(-c2cn3nccc3c(OC3CC[C@]4(CCN(C(=O)OC(C)(C)C)C4)C3)n2)cn1. The molecule has 0 radical (unpaired) electrons. The van der Waals surface area contributed by atoms with Gasteiger partial charge in [0.2, 0.25) is 5.88 Å². The molecular weight excluding hydrogens is 408 g/mol. The molecule has 9 nitrogen and oxygen atoms in total. The first-order valence-electron chi connectivity index (χ1n) is 11.2. The molecule has 1 aliphatic carbocycles. The molecule has 3 aromatic rings. The zero-order chi connectivity index (χ0) is 22.5. The molecule has 1 spiro atoms. The summed E-state index contributed by atoms with van der Waals surface area (Å²) in [6.45, 7) is 7.18. The second-order valence-corrected chi connectivity index (χ2v) is 10.1. The van der Waals surface area contributed by atoms with E-state index in [2.05, 4.69) is 10.2 Å². The minimum atomic E-state index is -0.476. The van der Waals surface area contributed by atoms with Crippen LogP contribution in [0.2, 0.25) is 0 Å². The summed E-state index contributed by atoms with van der Waals surface area (Å²) < 4.78 is 15.6. The van der Waals surface area contributed by atoms with E-state index in [9.17, 15) is 4.79 Å². The van der Waals surface area contributed by atoms with E-state index in [1.807, 2.05) is 51.2 Å². The Morgan fingerprint density at radius 2 is 2.06 bits per heavy atom. The summed E-state index contributed by atoms with van der Waals surface area (Å²) in [6.07, 6.45) is 11.1. The maximum Gasteiger partial charge on any atom is 0.410 e. The molecule has 0 N–H and O–H groups in total. The van der Waals surface area contributed by atoms with E-state index in [-0.39, 0.29) is 17.6 Å². The van der Waals surface area contributed by atoms with Gasteiger partial charge >= 0.3 is 6.09 Å². The third-order valence-corrected chi connectivity index (χ3v) is 6.38. The molecule has 1 saturated carbocycles. The van der Waals surface area contributed by atoms with Gasteiger partial charge < -0.3 is 14.4 Å². The molecule has 0 bridgehead atoms. The fourth-order valence-electron chi connectivity index (χ4n) is 4.88. The summed E-state index contributed by atoms with van der Waals surface area (Å²) >= 11 is 0. The Morgan fingerprint density at radius 3 is 2.81 bits per heavy atom. The number of amides is 1. The van der Waals surface area contributed by atoms with Crippen LogP contribution < -0.4 is 4.74 Å². The van der Waals surface area contributed by atoms with Gasteiger partial charge in [0.15, 0.2) is 0 Å². The molecule has 1 amide bonds. The highest BCUT2D eigenvalue weighted by atomic mass is 16.6. The van der Waals surface area contributed by atoms with E-state index in [0.717, 1.165) is 55.5 Å². The summed E-state index contributed by atoms with van der Waals surface area (Å²) in [5, 5.41) is 8.64. The quantitative estimate of drug-likeness (QED) is 0.620. The van der Waals surface area contributed by atoms with Gasteiger partial charge in [0.05, 0.1) is 24.3 Å². The van der Waals surface area contributed by atoms with Crippen molar-refractivity contribution in [3.8, 4) is 17.1 Å². The maximum absolute atomic E-state index is 12.5. The van der Waals surface area contributed by atoms with Crippen LogP contribution in [0.5, 0.6) is 5.88 Å². The van der Waals surface area contributed by atoms with Gasteiger partial charge in [-0.15, -0.1) is 0 Å². The molecular formula is C23H30N6O3. The lowest BCUT2D eigenvalue weighted by Gasteiger charge is -2.27. The topological polar surface area (TPSA) is 86.8 Å². The Balaban J connectivity index is 1.31. The molecule has 2 fully saturated rings. The van der Waals surface area contributed by atoms with Crippen molar-refractivity contribution in [3.05, 3.63) is 30.9 Å². The Labute approximate surface area is 187 Å². The molecule has 2 aliphatic rings. The number of fused-ring (bicyclic) bond motifs is 1. The summed E-state index contributed by atoms with van der Waals surface area (Å²) in [4.78, 5) is 19.2. The van der Waals surface area contributed by atoms with Gasteiger partial charge in [0, 0.05) is 31.9 Å². The van der Waals surface area contributed by atoms with Gasteiger partial charge in [-0.05, 0) is 57.9 Å². The molecule has 170 valence electrons. The molecule has 9 heteroatoms. The number of ether oxygens (including phenoxy) is 2. The van der Waals surface area contributed by atoms with Crippen LogP contribution in [-0.4, -0.2) is 60.2 Å². The highest BCUT2D eigenvalue weighted by molar-refractivity contribution is 5.68. The minimum absolute atomic E-state index is 0.0592. The van der Waals surface area contributed by atoms with Crippen LogP contribution in [0.4, 0.5) is 4.79 Å². The zero-order valence-electron chi connectivity index (χ0n) is 19.1. The van der Waals surface area contributed by atoms with Crippen molar-refractivity contribution in [1.29, 1.82) is 0 Å². The van der Waals surface area contributed by atoms with E-state index in [1.54, 1.807) is 21.6 Å². The van der Waals surface area contributed by atoms with Crippen LogP contribution in [0, 0.1) is 5.41 Å². The number of carbonyl (C=O) groups is 1. The molecule has 2 atom stereocenters. The first-order chi connectivity index (χ1) is 15.2. The van der Waals surface area contributed by atoms with E-state index in [4.69, 9.17) is 14.5 Å². The summed E-state index contributed by atoms with van der Waals surface area (Å²) in [7, 11) is 1.88. The van der Waals surface area contributed by atoms with E-state index in [1.165, 1.54) is 0 Å². The predicted molar refractivity (Wildman–Crippen MR) is 118 cm³/mol. The average molecular weight is 439 g/mol. The smallest absolute Gasteiger partial charge is 0.410 e. The largest absolute Gasteiger partial charge is 0.473 e. The van der Waals surface area contributed by atoms with Crippen LogP contribution >= 0.6 is 0 Å². The Hall–Kier alpha value is -3.10. The number of nitrogens with zero attached hydrogens (tertiary/aromatic N) is 6. The van der Waals surface area contributed by atoms with Crippen LogP contribution in [0.25, 0.3) is 16.8 Å². The second kappa shape index (κ2) is 7.50. The second-order valence-electron chi connectivity index (χ2n) is 10.1. The van der Waals surface area contributed by atoms with Gasteiger partial charge in [0.25, 0.3) is 0 Å². The van der Waals surface area contributed by atoms with Crippen LogP contribution in [-0.2, 0) is 11.8 Å². The van der Waals surface area contributed by atoms with Gasteiger partial charge in [0.1, 0.15) is 17.2 Å². The Kier molecular flexibility index (Phi) is 4.87. The Morgan fingerprint density at radius 1 is 1.22 bits per heavy atom. The van der Waals surface area contributed by atoms with Crippen molar-refractivity contribution in [2.24, 2.45) is 12.5 Å². The first kappa shape index (κ1) is 20.8. The monoisotopic (exact) mass is 438 g/mol. The number of aryl methyl sites for hydroxylation is 1. The van der Waals surface area contributed by atoms with Crippen molar-refractivity contribution >= 4 is 11.6 Å². The molecule has 1 saturated heterocycles. The van der Waals surface area contributed by atoms with Gasteiger partial charge in [-0.3, -0.25) is 4.68 Å². The Bertz CT molecular complexity index is 1150. The minimum Gasteiger partial charge on any atom is -0.473 e. The van der Waals surface area contributed by atoms with Gasteiger partial charge in [-0.25, -0.2) is 14.3 Å². The lowest BCUT2D eigenvalue weighted by atomic mass is 9.85. The van der Waals surface area contributed by atoms with Crippen molar-refractivity contribution < 1.29 is 14.3 Å². The summed E-state index contributed by atoms with van der Waals surface area (Å²) in [5.41, 5.74) is 2.16. The van der Waals surface area contributed by atoms with Crippen molar-refractivity contribution in [2.45, 2.75) is 58.2 Å². The molecule has 4 heterocycles. The summed E-state index contributed by atoms with van der Waals surface area (Å²) in [5.74, 6) is 0.591. The lowest BCUT2D eigenvalue weighted by molar-refractivity contribution is 0.0271. The molecule has 3 aromatic heterocycles. The maximum atomic E-state index is 12.5. The molecule has 1 aliphatic heterocycles. The summed E-state index contributed by atoms with van der Waals surface area (Å²) in [6, 6.07) is 1.92. The van der Waals surface area contributed by atoms with E-state index in [0.29, 0.717) is 5.88 Å². The van der Waals surface area contributed by atoms with Crippen LogP contribution in [0.3, 0.4) is 0 Å². The van der Waals surface area contributed by atoms with Crippen molar-refractivity contribution in [2.75, 3.05) is 13.1 Å². The number of likely N-dealkylation sites (tertiary alicyclic amines) is 1. The van der Waals surface area contributed by atoms with Crippen molar-refractivity contribution in [1.82, 2.24) is 29.3 Å². The van der Waals surface area contributed by atoms with Crippen LogP contribution in [0.15, 0.2) is 30.9 Å². The standard InChI is InChI=1S/C23H30N6O3/c1-22(2,3)32-21(30)28-10-8-23(15-28)7-5-17(11-23)31-20-19-6-9-24-29(19)14-18(26-20)16-12-25-27(4)13-16/h6,9,12-14,17H,5,7-8,10-11,15H2,1-4H3/t17?,23-/m0/s1. The first-order valence-corrected chi connectivity index (χ1v) is 11.2. The normalized spacial score (nSPS) is 23.4. The highest BCUT2D eigenvalue weighted by Crippen LogP contribution is 2.47. The average Bonchev–Trinajstić information content (AvgIpc) is 3.49. The number of carbonyl (C=O) groups excluding carboxylic acids is 1. The zero-order valence-corrected chi connectivity index (χ0v) is 19.1. The van der Waals surface area contributed by atoms with Crippen LogP contribution in [0.1, 0.15) is 46.5 Å². The fraction of sp³-hybridized carbons (Fsp3) is 0.565. The van der Waals surface area contributed by atoms with Gasteiger partial charge in [-0.2, -0.15) is 10.2 Å². The molecule has 0 aromatic carbocycles. The van der Waals surface area contributed by atoms with Gasteiger partial charge in [-0.1, -0.05) is 0 Å². The fourth-order valence-corrected chi connectivity index (χ4v) is 4.88. The van der Waals surface area contributed by atoms with Crippen molar-refractivity contribution in [3.63, 3.8) is 0 Å². The number of rotatable bonds is 3. The molecule has 1 unspecified atom stereocenters. The lowest BCUT2D eigenvalue weighted by Crippen LogP contribution is -2.36. The number of aromatic nitrogens is 5. The predicted octanol–water partition coefficient (Wildman–Crippen LogP) is 3.69. The van der Waals surface area contributed by atoms with E-state index < -0.39 is 5.60 Å². The molecule has 5 rings (SSSR count). The number of hydrogen-bond acceptors (Lipinski definition) is 6. The van der Waals surface area contributed by atoms with E-state index >= 15 is 0 Å². The molecule has 32 heavy (non-hydrogen) atoms. The highest BCUT2D eigenvalue weighted by Gasteiger charge is 2.47. The number of hydrogen-bond donors (Lipinski definition) is 0. The third kappa shape index (κ3) is 4.03. The third-order valence-electron chi connectivity index (χ3n) is 6.38.